The second-order valence-electron chi connectivity index (χ2n) is 7.47. The van der Waals surface area contributed by atoms with Crippen LogP contribution in [0.3, 0.4) is 0 Å². The molecule has 0 aliphatic carbocycles. The van der Waals surface area contributed by atoms with Crippen LogP contribution in [0.25, 0.3) is 10.8 Å². The van der Waals surface area contributed by atoms with Crippen LogP contribution in [0.5, 0.6) is 0 Å². The van der Waals surface area contributed by atoms with Crippen molar-refractivity contribution in [1.29, 1.82) is 0 Å². The summed E-state index contributed by atoms with van der Waals surface area (Å²) in [7, 11) is 0. The van der Waals surface area contributed by atoms with Crippen LogP contribution in [0.15, 0.2) is 66.7 Å². The van der Waals surface area contributed by atoms with Crippen molar-refractivity contribution in [2.75, 3.05) is 6.54 Å². The molecule has 5 nitrogen and oxygen atoms in total. The van der Waals surface area contributed by atoms with Gasteiger partial charge in [0, 0.05) is 25.1 Å². The number of fused-ring (bicyclic) bond motifs is 1. The molecule has 5 heteroatoms. The Morgan fingerprint density at radius 1 is 0.867 bits per heavy atom. The Labute approximate surface area is 177 Å². The molecule has 0 spiro atoms. The molecule has 0 saturated heterocycles. The molecule has 0 atom stereocenters. The fraction of sp³-hybridized carbons (Fsp3) is 0.280. The summed E-state index contributed by atoms with van der Waals surface area (Å²) in [5.74, 6) is -0.280. The van der Waals surface area contributed by atoms with Gasteiger partial charge in [-0.25, -0.2) is 0 Å². The van der Waals surface area contributed by atoms with Crippen molar-refractivity contribution >= 4 is 22.6 Å². The number of carbonyl (C=O) groups excluding carboxylic acids is 2. The predicted molar refractivity (Wildman–Crippen MR) is 119 cm³/mol. The number of carbonyl (C=O) groups is 2. The lowest BCUT2D eigenvalue weighted by molar-refractivity contribution is -0.121. The van der Waals surface area contributed by atoms with E-state index in [1.807, 2.05) is 74.5 Å². The Morgan fingerprint density at radius 2 is 1.57 bits per heavy atom. The zero-order valence-electron chi connectivity index (χ0n) is 17.5. The summed E-state index contributed by atoms with van der Waals surface area (Å²) in [6.45, 7) is 5.24. The molecule has 0 bridgehead atoms. The summed E-state index contributed by atoms with van der Waals surface area (Å²) < 4.78 is 5.68. The molecule has 0 saturated carbocycles. The predicted octanol–water partition coefficient (Wildman–Crippen LogP) is 4.20. The van der Waals surface area contributed by atoms with E-state index in [-0.39, 0.29) is 30.9 Å². The zero-order chi connectivity index (χ0) is 21.3. The largest absolute Gasteiger partial charge is 0.374 e. The minimum absolute atomic E-state index is 0.103. The number of hydrogen-bond donors (Lipinski definition) is 2. The molecule has 30 heavy (non-hydrogen) atoms. The molecule has 3 aromatic carbocycles. The van der Waals surface area contributed by atoms with Crippen LogP contribution in [0, 0.1) is 0 Å². The summed E-state index contributed by atoms with van der Waals surface area (Å²) in [6, 6.07) is 21.4. The van der Waals surface area contributed by atoms with Gasteiger partial charge in [0.25, 0.3) is 5.91 Å². The third kappa shape index (κ3) is 6.16. The molecule has 0 aromatic heterocycles. The average Bonchev–Trinajstić information content (AvgIpc) is 2.76. The summed E-state index contributed by atoms with van der Waals surface area (Å²) >= 11 is 0. The monoisotopic (exact) mass is 404 g/mol. The van der Waals surface area contributed by atoms with Crippen molar-refractivity contribution in [2.24, 2.45) is 0 Å². The third-order valence-electron chi connectivity index (χ3n) is 4.82. The van der Waals surface area contributed by atoms with E-state index in [1.165, 1.54) is 0 Å². The summed E-state index contributed by atoms with van der Waals surface area (Å²) in [5, 5.41) is 7.84. The van der Waals surface area contributed by atoms with Gasteiger partial charge in [-0.2, -0.15) is 0 Å². The molecule has 0 unspecified atom stereocenters. The van der Waals surface area contributed by atoms with Crippen molar-refractivity contribution < 1.29 is 14.3 Å². The molecule has 2 N–H and O–H groups in total. The Hall–Kier alpha value is -3.18. The van der Waals surface area contributed by atoms with E-state index in [2.05, 4.69) is 10.6 Å². The lowest BCUT2D eigenvalue weighted by atomic mass is 10.1. The third-order valence-corrected chi connectivity index (χ3v) is 4.82. The maximum Gasteiger partial charge on any atom is 0.251 e. The van der Waals surface area contributed by atoms with Crippen LogP contribution >= 0.6 is 0 Å². The fourth-order valence-electron chi connectivity index (χ4n) is 3.13. The van der Waals surface area contributed by atoms with E-state index in [0.717, 1.165) is 21.9 Å². The van der Waals surface area contributed by atoms with Gasteiger partial charge in [0.05, 0.1) is 12.7 Å². The highest BCUT2D eigenvalue weighted by Crippen LogP contribution is 2.15. The van der Waals surface area contributed by atoms with Gasteiger partial charge in [0.15, 0.2) is 0 Å². The first-order valence-corrected chi connectivity index (χ1v) is 10.2. The maximum absolute atomic E-state index is 12.4. The van der Waals surface area contributed by atoms with Gasteiger partial charge in [-0.15, -0.1) is 0 Å². The summed E-state index contributed by atoms with van der Waals surface area (Å²) in [4.78, 5) is 24.6. The number of nitrogens with one attached hydrogen (secondary N) is 2. The SMILES string of the molecule is CC(C)OCc1ccccc1CNC(=O)CCNC(=O)c1ccc2ccccc2c1. The van der Waals surface area contributed by atoms with E-state index in [9.17, 15) is 9.59 Å². The smallest absolute Gasteiger partial charge is 0.251 e. The molecule has 156 valence electrons. The van der Waals surface area contributed by atoms with Crippen LogP contribution in [-0.4, -0.2) is 24.5 Å². The van der Waals surface area contributed by atoms with E-state index >= 15 is 0 Å². The molecule has 0 heterocycles. The first-order valence-electron chi connectivity index (χ1n) is 10.2. The number of benzene rings is 3. The minimum Gasteiger partial charge on any atom is -0.374 e. The topological polar surface area (TPSA) is 67.4 Å². The first kappa shape index (κ1) is 21.5. The molecular weight excluding hydrogens is 376 g/mol. The van der Waals surface area contributed by atoms with Crippen LogP contribution in [0.1, 0.15) is 41.8 Å². The molecule has 0 aliphatic heterocycles. The van der Waals surface area contributed by atoms with E-state index in [1.54, 1.807) is 6.07 Å². The lowest BCUT2D eigenvalue weighted by Crippen LogP contribution is -2.30. The van der Waals surface area contributed by atoms with Crippen molar-refractivity contribution in [3.8, 4) is 0 Å². The zero-order valence-corrected chi connectivity index (χ0v) is 17.5. The molecule has 0 radical (unpaired) electrons. The van der Waals surface area contributed by atoms with E-state index in [4.69, 9.17) is 4.74 Å². The summed E-state index contributed by atoms with van der Waals surface area (Å²) in [5.41, 5.74) is 2.69. The molecule has 2 amide bonds. The van der Waals surface area contributed by atoms with E-state index in [0.29, 0.717) is 18.7 Å². The van der Waals surface area contributed by atoms with Gasteiger partial charge in [-0.3, -0.25) is 9.59 Å². The average molecular weight is 405 g/mol. The number of hydrogen-bond acceptors (Lipinski definition) is 3. The van der Waals surface area contributed by atoms with Crippen LogP contribution in [0.4, 0.5) is 0 Å². The normalized spacial score (nSPS) is 10.9. The molecule has 3 aromatic rings. The fourth-order valence-corrected chi connectivity index (χ4v) is 3.13. The number of amides is 2. The molecule has 0 fully saturated rings. The lowest BCUT2D eigenvalue weighted by Gasteiger charge is -2.13. The molecule has 3 rings (SSSR count). The highest BCUT2D eigenvalue weighted by atomic mass is 16.5. The molecule has 0 aliphatic rings. The highest BCUT2D eigenvalue weighted by molar-refractivity contribution is 5.98. The van der Waals surface area contributed by atoms with Crippen LogP contribution in [0.2, 0.25) is 0 Å². The quantitative estimate of drug-likeness (QED) is 0.562. The first-order chi connectivity index (χ1) is 14.5. The van der Waals surface area contributed by atoms with Crippen LogP contribution < -0.4 is 10.6 Å². The van der Waals surface area contributed by atoms with Crippen molar-refractivity contribution in [2.45, 2.75) is 39.5 Å². The van der Waals surface area contributed by atoms with Gasteiger partial charge < -0.3 is 15.4 Å². The van der Waals surface area contributed by atoms with Gasteiger partial charge in [-0.1, -0.05) is 54.6 Å². The van der Waals surface area contributed by atoms with Crippen molar-refractivity contribution in [3.05, 3.63) is 83.4 Å². The minimum atomic E-state index is -0.176. The number of rotatable bonds is 9. The van der Waals surface area contributed by atoms with Gasteiger partial charge in [-0.05, 0) is 47.9 Å². The van der Waals surface area contributed by atoms with Gasteiger partial charge in [0.1, 0.15) is 0 Å². The highest BCUT2D eigenvalue weighted by Gasteiger charge is 2.09. The second-order valence-corrected chi connectivity index (χ2v) is 7.47. The van der Waals surface area contributed by atoms with Gasteiger partial charge >= 0.3 is 0 Å². The number of ether oxygens (including phenoxy) is 1. The van der Waals surface area contributed by atoms with Gasteiger partial charge in [0.2, 0.25) is 5.91 Å². The van der Waals surface area contributed by atoms with Crippen molar-refractivity contribution in [3.63, 3.8) is 0 Å². The maximum atomic E-state index is 12.4. The molecular formula is C25H28N2O3. The van der Waals surface area contributed by atoms with E-state index < -0.39 is 0 Å². The Morgan fingerprint density at radius 3 is 2.33 bits per heavy atom. The summed E-state index contributed by atoms with van der Waals surface area (Å²) in [6.07, 6.45) is 0.378. The Balaban J connectivity index is 1.45. The second kappa shape index (κ2) is 10.6. The Kier molecular flexibility index (Phi) is 7.57. The van der Waals surface area contributed by atoms with Crippen molar-refractivity contribution in [1.82, 2.24) is 10.6 Å². The van der Waals surface area contributed by atoms with Crippen LogP contribution in [-0.2, 0) is 22.7 Å². The standard InChI is InChI=1S/C25H28N2O3/c1-18(2)30-17-23-10-6-5-9-22(23)16-27-24(28)13-14-26-25(29)21-12-11-19-7-3-4-8-20(19)15-21/h3-12,15,18H,13-14,16-17H2,1-2H3,(H,26,29)(H,27,28). The Bertz CT molecular complexity index is 1010.